The molecule has 0 aliphatic heterocycles. The number of hydrogen-bond acceptors (Lipinski definition) is 2. The summed E-state index contributed by atoms with van der Waals surface area (Å²) in [5.74, 6) is 0.619. The second-order valence-electron chi connectivity index (χ2n) is 5.01. The normalized spacial score (nSPS) is 12.3. The average Bonchev–Trinajstić information content (AvgIpc) is 2.38. The number of halogens is 4. The van der Waals surface area contributed by atoms with Gasteiger partial charge in [-0.15, -0.1) is 24.8 Å². The number of amidine groups is 1. The van der Waals surface area contributed by atoms with E-state index in [4.69, 9.17) is 34.7 Å². The molecule has 22 heavy (non-hydrogen) atoms. The van der Waals surface area contributed by atoms with Crippen LogP contribution < -0.4 is 11.5 Å². The van der Waals surface area contributed by atoms with E-state index in [1.807, 2.05) is 25.1 Å². The Kier molecular flexibility index (Phi) is 14.5. The zero-order valence-electron chi connectivity index (χ0n) is 12.7. The van der Waals surface area contributed by atoms with E-state index in [-0.39, 0.29) is 30.9 Å². The summed E-state index contributed by atoms with van der Waals surface area (Å²) in [6, 6.07) is 5.90. The van der Waals surface area contributed by atoms with Crippen molar-refractivity contribution in [2.24, 2.45) is 16.5 Å². The van der Waals surface area contributed by atoms with Crippen LogP contribution in [0, 0.1) is 0 Å². The Labute approximate surface area is 155 Å². The molecular formula is C15H25Cl4N3. The number of rotatable bonds is 8. The standard InChI is InChI=1S/C15H23Cl2N3.2ClH/c1-11(19)20-13(5-3-2-4-8-18)9-12-6-7-14(16)15(17)10-12;;/h6-7,10,13H,2-5,8-9,18H2,1H3,(H2,19,20);2*1H. The van der Waals surface area contributed by atoms with Gasteiger partial charge in [0.2, 0.25) is 0 Å². The number of aliphatic imine (C=N–C) groups is 1. The summed E-state index contributed by atoms with van der Waals surface area (Å²) in [6.07, 6.45) is 5.14. The van der Waals surface area contributed by atoms with Crippen molar-refractivity contribution in [2.75, 3.05) is 6.54 Å². The largest absolute Gasteiger partial charge is 0.388 e. The van der Waals surface area contributed by atoms with E-state index in [1.165, 1.54) is 0 Å². The lowest BCUT2D eigenvalue weighted by Crippen LogP contribution is -2.16. The van der Waals surface area contributed by atoms with Crippen molar-refractivity contribution in [2.45, 2.75) is 45.1 Å². The van der Waals surface area contributed by atoms with Crippen LogP contribution in [-0.4, -0.2) is 18.4 Å². The Morgan fingerprint density at radius 1 is 1.14 bits per heavy atom. The topological polar surface area (TPSA) is 64.4 Å². The van der Waals surface area contributed by atoms with E-state index >= 15 is 0 Å². The molecule has 1 aromatic rings. The van der Waals surface area contributed by atoms with Gasteiger partial charge in [-0.25, -0.2) is 0 Å². The Bertz CT molecular complexity index is 448. The van der Waals surface area contributed by atoms with Crippen molar-refractivity contribution in [3.63, 3.8) is 0 Å². The maximum Gasteiger partial charge on any atom is 0.0909 e. The molecular weight excluding hydrogens is 364 g/mol. The van der Waals surface area contributed by atoms with Crippen molar-refractivity contribution in [1.29, 1.82) is 0 Å². The lowest BCUT2D eigenvalue weighted by molar-refractivity contribution is 0.552. The molecule has 1 atom stereocenters. The summed E-state index contributed by atoms with van der Waals surface area (Å²) < 4.78 is 0. The molecule has 0 spiro atoms. The maximum absolute atomic E-state index is 6.04. The zero-order chi connectivity index (χ0) is 15.0. The molecule has 4 N–H and O–H groups in total. The van der Waals surface area contributed by atoms with Gasteiger partial charge in [0.1, 0.15) is 0 Å². The van der Waals surface area contributed by atoms with Crippen molar-refractivity contribution >= 4 is 53.9 Å². The predicted octanol–water partition coefficient (Wildman–Crippen LogP) is 4.64. The van der Waals surface area contributed by atoms with E-state index < -0.39 is 0 Å². The molecule has 3 nitrogen and oxygen atoms in total. The zero-order valence-corrected chi connectivity index (χ0v) is 15.9. The van der Waals surface area contributed by atoms with Gasteiger partial charge in [0.05, 0.1) is 21.9 Å². The Morgan fingerprint density at radius 2 is 1.82 bits per heavy atom. The minimum atomic E-state index is 0. The summed E-state index contributed by atoms with van der Waals surface area (Å²) in [5, 5.41) is 1.16. The molecule has 0 fully saturated rings. The van der Waals surface area contributed by atoms with E-state index in [0.29, 0.717) is 15.9 Å². The van der Waals surface area contributed by atoms with E-state index in [1.54, 1.807) is 0 Å². The van der Waals surface area contributed by atoms with Crippen LogP contribution in [-0.2, 0) is 6.42 Å². The van der Waals surface area contributed by atoms with Gasteiger partial charge in [0.25, 0.3) is 0 Å². The highest BCUT2D eigenvalue weighted by atomic mass is 35.5. The summed E-state index contributed by atoms with van der Waals surface area (Å²) in [5.41, 5.74) is 12.4. The molecule has 0 radical (unpaired) electrons. The van der Waals surface area contributed by atoms with Crippen LogP contribution in [0.5, 0.6) is 0 Å². The van der Waals surface area contributed by atoms with Gasteiger partial charge in [-0.1, -0.05) is 42.1 Å². The van der Waals surface area contributed by atoms with E-state index in [2.05, 4.69) is 4.99 Å². The van der Waals surface area contributed by atoms with E-state index in [9.17, 15) is 0 Å². The number of nitrogens with zero attached hydrogens (tertiary/aromatic N) is 1. The molecule has 0 saturated heterocycles. The molecule has 1 aromatic carbocycles. The second kappa shape index (κ2) is 13.3. The molecule has 0 saturated carbocycles. The molecule has 1 rings (SSSR count). The van der Waals surface area contributed by atoms with Crippen LogP contribution in [0.4, 0.5) is 0 Å². The van der Waals surface area contributed by atoms with Crippen LogP contribution in [0.15, 0.2) is 23.2 Å². The summed E-state index contributed by atoms with van der Waals surface area (Å²) >= 11 is 12.0. The monoisotopic (exact) mass is 387 g/mol. The summed E-state index contributed by atoms with van der Waals surface area (Å²) in [6.45, 7) is 2.57. The molecule has 1 unspecified atom stereocenters. The fourth-order valence-electron chi connectivity index (χ4n) is 2.14. The number of nitrogens with two attached hydrogens (primary N) is 2. The van der Waals surface area contributed by atoms with Gasteiger partial charge in [-0.2, -0.15) is 0 Å². The first kappa shape index (κ1) is 24.1. The molecule has 0 aliphatic rings. The van der Waals surface area contributed by atoms with E-state index in [0.717, 1.165) is 44.2 Å². The third kappa shape index (κ3) is 9.75. The first-order chi connectivity index (χ1) is 9.52. The highest BCUT2D eigenvalue weighted by molar-refractivity contribution is 6.42. The fraction of sp³-hybridized carbons (Fsp3) is 0.533. The third-order valence-electron chi connectivity index (χ3n) is 3.08. The minimum absolute atomic E-state index is 0. The molecule has 7 heteroatoms. The highest BCUT2D eigenvalue weighted by Crippen LogP contribution is 2.24. The first-order valence-corrected chi connectivity index (χ1v) is 7.72. The number of benzene rings is 1. The van der Waals surface area contributed by atoms with Crippen molar-refractivity contribution in [1.82, 2.24) is 0 Å². The van der Waals surface area contributed by atoms with Crippen LogP contribution >= 0.6 is 48.0 Å². The fourth-order valence-corrected chi connectivity index (χ4v) is 2.46. The Balaban J connectivity index is 0. The number of unbranched alkanes of at least 4 members (excludes halogenated alkanes) is 2. The highest BCUT2D eigenvalue weighted by Gasteiger charge is 2.09. The molecule has 0 bridgehead atoms. The molecule has 0 aliphatic carbocycles. The van der Waals surface area contributed by atoms with Crippen molar-refractivity contribution in [3.8, 4) is 0 Å². The smallest absolute Gasteiger partial charge is 0.0909 e. The Morgan fingerprint density at radius 3 is 2.36 bits per heavy atom. The van der Waals surface area contributed by atoms with Gasteiger partial charge in [0, 0.05) is 0 Å². The van der Waals surface area contributed by atoms with Crippen LogP contribution in [0.25, 0.3) is 0 Å². The van der Waals surface area contributed by atoms with Gasteiger partial charge in [-0.3, -0.25) is 4.99 Å². The molecule has 0 heterocycles. The van der Waals surface area contributed by atoms with Crippen LogP contribution in [0.2, 0.25) is 10.0 Å². The van der Waals surface area contributed by atoms with Crippen LogP contribution in [0.1, 0.15) is 38.2 Å². The van der Waals surface area contributed by atoms with Gasteiger partial charge in [-0.05, 0) is 50.4 Å². The second-order valence-corrected chi connectivity index (χ2v) is 5.83. The summed E-state index contributed by atoms with van der Waals surface area (Å²) in [7, 11) is 0. The van der Waals surface area contributed by atoms with Gasteiger partial charge in [0.15, 0.2) is 0 Å². The molecule has 0 aromatic heterocycles. The van der Waals surface area contributed by atoms with Crippen molar-refractivity contribution in [3.05, 3.63) is 33.8 Å². The first-order valence-electron chi connectivity index (χ1n) is 6.96. The lowest BCUT2D eigenvalue weighted by Gasteiger charge is -2.14. The SMILES string of the molecule is CC(N)=NC(CCCCCN)Cc1ccc(Cl)c(Cl)c1.Cl.Cl. The molecule has 0 amide bonds. The average molecular weight is 389 g/mol. The number of hydrogen-bond donors (Lipinski definition) is 2. The third-order valence-corrected chi connectivity index (χ3v) is 3.82. The van der Waals surface area contributed by atoms with Crippen molar-refractivity contribution < 1.29 is 0 Å². The Hall–Kier alpha value is -0.190. The maximum atomic E-state index is 6.04. The minimum Gasteiger partial charge on any atom is -0.388 e. The molecule has 128 valence electrons. The predicted molar refractivity (Wildman–Crippen MR) is 103 cm³/mol. The summed E-state index contributed by atoms with van der Waals surface area (Å²) in [4.78, 5) is 4.51. The van der Waals surface area contributed by atoms with Gasteiger partial charge < -0.3 is 11.5 Å². The van der Waals surface area contributed by atoms with Crippen LogP contribution in [0.3, 0.4) is 0 Å². The lowest BCUT2D eigenvalue weighted by atomic mass is 10.0. The van der Waals surface area contributed by atoms with Gasteiger partial charge >= 0.3 is 0 Å². The quantitative estimate of drug-likeness (QED) is 0.386.